The molecule has 4 nitrogen and oxygen atoms in total. The van der Waals surface area contributed by atoms with Gasteiger partial charge in [-0.2, -0.15) is 0 Å². The van der Waals surface area contributed by atoms with Gasteiger partial charge in [0, 0.05) is 6.42 Å². The SMILES string of the molecule is CCCCCCCCC1=C(C(=O)O)CC(=O)O1. The lowest BCUT2D eigenvalue weighted by molar-refractivity contribution is -0.137. The Balaban J connectivity index is 2.27. The molecule has 1 heterocycles. The third kappa shape index (κ3) is 4.59. The van der Waals surface area contributed by atoms with E-state index in [-0.39, 0.29) is 12.0 Å². The second-order valence-electron chi connectivity index (χ2n) is 4.38. The molecule has 1 aliphatic heterocycles. The molecule has 4 heteroatoms. The molecule has 1 aliphatic rings. The zero-order valence-electron chi connectivity index (χ0n) is 10.3. The summed E-state index contributed by atoms with van der Waals surface area (Å²) in [7, 11) is 0. The predicted molar refractivity (Wildman–Crippen MR) is 63.4 cm³/mol. The fourth-order valence-electron chi connectivity index (χ4n) is 1.94. The van der Waals surface area contributed by atoms with Crippen molar-refractivity contribution in [1.29, 1.82) is 0 Å². The maximum atomic E-state index is 11.0. The fraction of sp³-hybridized carbons (Fsp3) is 0.692. The van der Waals surface area contributed by atoms with Crippen LogP contribution in [0.1, 0.15) is 58.3 Å². The Morgan fingerprint density at radius 2 is 1.88 bits per heavy atom. The van der Waals surface area contributed by atoms with Crippen molar-refractivity contribution < 1.29 is 19.4 Å². The lowest BCUT2D eigenvalue weighted by atomic mass is 10.1. The van der Waals surface area contributed by atoms with Crippen molar-refractivity contribution >= 4 is 11.9 Å². The first kappa shape index (κ1) is 13.7. The first-order chi connectivity index (χ1) is 8.15. The number of carbonyl (C=O) groups is 2. The summed E-state index contributed by atoms with van der Waals surface area (Å²) < 4.78 is 4.92. The van der Waals surface area contributed by atoms with E-state index in [1.165, 1.54) is 19.3 Å². The molecule has 96 valence electrons. The topological polar surface area (TPSA) is 63.6 Å². The van der Waals surface area contributed by atoms with Gasteiger partial charge in [0.05, 0.1) is 12.0 Å². The number of hydrogen-bond acceptors (Lipinski definition) is 3. The number of unbranched alkanes of at least 4 members (excludes halogenated alkanes) is 5. The van der Waals surface area contributed by atoms with Gasteiger partial charge < -0.3 is 9.84 Å². The largest absolute Gasteiger partial charge is 0.478 e. The van der Waals surface area contributed by atoms with Gasteiger partial charge >= 0.3 is 11.9 Å². The highest BCUT2D eigenvalue weighted by atomic mass is 16.5. The number of rotatable bonds is 8. The summed E-state index contributed by atoms with van der Waals surface area (Å²) >= 11 is 0. The zero-order chi connectivity index (χ0) is 12.7. The lowest BCUT2D eigenvalue weighted by Crippen LogP contribution is -2.01. The number of ether oxygens (including phenoxy) is 1. The van der Waals surface area contributed by atoms with Crippen LogP contribution in [0, 0.1) is 0 Å². The Morgan fingerprint density at radius 1 is 1.24 bits per heavy atom. The van der Waals surface area contributed by atoms with Crippen molar-refractivity contribution in [1.82, 2.24) is 0 Å². The number of allylic oxidation sites excluding steroid dienone is 1. The summed E-state index contributed by atoms with van der Waals surface area (Å²) in [6.07, 6.45) is 7.29. The molecule has 1 rings (SSSR count). The van der Waals surface area contributed by atoms with Gasteiger partial charge in [-0.3, -0.25) is 4.79 Å². The smallest absolute Gasteiger partial charge is 0.335 e. The van der Waals surface area contributed by atoms with Gasteiger partial charge in [-0.25, -0.2) is 4.79 Å². The molecule has 0 saturated carbocycles. The van der Waals surface area contributed by atoms with Crippen molar-refractivity contribution in [2.24, 2.45) is 0 Å². The molecule has 0 aromatic rings. The van der Waals surface area contributed by atoms with E-state index in [0.717, 1.165) is 19.3 Å². The quantitative estimate of drug-likeness (QED) is 0.523. The lowest BCUT2D eigenvalue weighted by Gasteiger charge is -2.03. The van der Waals surface area contributed by atoms with E-state index in [1.807, 2.05) is 0 Å². The summed E-state index contributed by atoms with van der Waals surface area (Å²) in [6, 6.07) is 0. The van der Waals surface area contributed by atoms with E-state index in [2.05, 4.69) is 6.92 Å². The average Bonchev–Trinajstić information content (AvgIpc) is 2.65. The number of carbonyl (C=O) groups excluding carboxylic acids is 1. The zero-order valence-corrected chi connectivity index (χ0v) is 10.3. The molecule has 0 spiro atoms. The van der Waals surface area contributed by atoms with Gasteiger partial charge in [0.15, 0.2) is 0 Å². The third-order valence-corrected chi connectivity index (χ3v) is 2.91. The third-order valence-electron chi connectivity index (χ3n) is 2.91. The second-order valence-corrected chi connectivity index (χ2v) is 4.38. The molecule has 0 aromatic heterocycles. The van der Waals surface area contributed by atoms with Crippen molar-refractivity contribution in [3.05, 3.63) is 11.3 Å². The van der Waals surface area contributed by atoms with Crippen LogP contribution in [0.2, 0.25) is 0 Å². The first-order valence-electron chi connectivity index (χ1n) is 6.31. The number of carboxylic acid groups (broad SMARTS) is 1. The van der Waals surface area contributed by atoms with Crippen LogP contribution in [0.3, 0.4) is 0 Å². The first-order valence-corrected chi connectivity index (χ1v) is 6.31. The number of cyclic esters (lactones) is 1. The van der Waals surface area contributed by atoms with Crippen LogP contribution in [0.5, 0.6) is 0 Å². The van der Waals surface area contributed by atoms with Crippen molar-refractivity contribution in [3.8, 4) is 0 Å². The van der Waals surface area contributed by atoms with E-state index < -0.39 is 11.9 Å². The highest BCUT2D eigenvalue weighted by Crippen LogP contribution is 2.25. The van der Waals surface area contributed by atoms with Crippen molar-refractivity contribution in [3.63, 3.8) is 0 Å². The highest BCUT2D eigenvalue weighted by Gasteiger charge is 2.27. The summed E-state index contributed by atoms with van der Waals surface area (Å²) in [4.78, 5) is 21.9. The van der Waals surface area contributed by atoms with E-state index in [1.54, 1.807) is 0 Å². The molecule has 0 amide bonds. The molecule has 0 radical (unpaired) electrons. The minimum atomic E-state index is -1.03. The summed E-state index contributed by atoms with van der Waals surface area (Å²) in [6.45, 7) is 2.17. The number of hydrogen-bond donors (Lipinski definition) is 1. The molecule has 0 aliphatic carbocycles. The molecule has 0 atom stereocenters. The van der Waals surface area contributed by atoms with Crippen molar-refractivity contribution in [2.75, 3.05) is 0 Å². The van der Waals surface area contributed by atoms with E-state index in [0.29, 0.717) is 12.2 Å². The van der Waals surface area contributed by atoms with Crippen LogP contribution >= 0.6 is 0 Å². The molecular formula is C13H20O4. The molecule has 0 saturated heterocycles. The predicted octanol–water partition coefficient (Wildman–Crippen LogP) is 3.02. The van der Waals surface area contributed by atoms with E-state index in [9.17, 15) is 9.59 Å². The monoisotopic (exact) mass is 240 g/mol. The fourth-order valence-corrected chi connectivity index (χ4v) is 1.94. The minimum Gasteiger partial charge on any atom is -0.478 e. The van der Waals surface area contributed by atoms with Crippen molar-refractivity contribution in [2.45, 2.75) is 58.3 Å². The summed E-state index contributed by atoms with van der Waals surface area (Å²) in [5.74, 6) is -1.10. The van der Waals surface area contributed by atoms with Crippen LogP contribution < -0.4 is 0 Å². The highest BCUT2D eigenvalue weighted by molar-refractivity contribution is 5.96. The molecule has 17 heavy (non-hydrogen) atoms. The van der Waals surface area contributed by atoms with Crippen LogP contribution in [-0.2, 0) is 14.3 Å². The minimum absolute atomic E-state index is 0.0828. The van der Waals surface area contributed by atoms with Crippen LogP contribution in [0.15, 0.2) is 11.3 Å². The van der Waals surface area contributed by atoms with Gasteiger partial charge in [-0.05, 0) is 6.42 Å². The second kappa shape index (κ2) is 7.09. The Hall–Kier alpha value is -1.32. The van der Waals surface area contributed by atoms with Gasteiger partial charge in [0.25, 0.3) is 0 Å². The van der Waals surface area contributed by atoms with Gasteiger partial charge in [-0.15, -0.1) is 0 Å². The van der Waals surface area contributed by atoms with Gasteiger partial charge in [0.2, 0.25) is 0 Å². The molecule has 0 unspecified atom stereocenters. The number of aliphatic carboxylic acids is 1. The molecular weight excluding hydrogens is 220 g/mol. The molecule has 0 bridgehead atoms. The standard InChI is InChI=1S/C13H20O4/c1-2-3-4-5-6-7-8-11-10(13(15)16)9-12(14)17-11/h2-9H2,1H3,(H,15,16). The Bertz CT molecular complexity index is 317. The maximum absolute atomic E-state index is 11.0. The van der Waals surface area contributed by atoms with Crippen LogP contribution in [0.25, 0.3) is 0 Å². The normalized spacial score (nSPS) is 15.2. The van der Waals surface area contributed by atoms with Crippen LogP contribution in [-0.4, -0.2) is 17.0 Å². The summed E-state index contributed by atoms with van der Waals surface area (Å²) in [5.41, 5.74) is 0.142. The molecule has 1 N–H and O–H groups in total. The van der Waals surface area contributed by atoms with E-state index >= 15 is 0 Å². The average molecular weight is 240 g/mol. The Morgan fingerprint density at radius 3 is 2.53 bits per heavy atom. The molecule has 0 fully saturated rings. The Kier molecular flexibility index (Phi) is 5.73. The van der Waals surface area contributed by atoms with Gasteiger partial charge in [0.1, 0.15) is 5.76 Å². The summed E-state index contributed by atoms with van der Waals surface area (Å²) in [5, 5.41) is 8.88. The molecule has 0 aromatic carbocycles. The maximum Gasteiger partial charge on any atom is 0.335 e. The van der Waals surface area contributed by atoms with Gasteiger partial charge in [-0.1, -0.05) is 39.0 Å². The van der Waals surface area contributed by atoms with Crippen LogP contribution in [0.4, 0.5) is 0 Å². The number of esters is 1. The number of carboxylic acids is 1. The Labute approximate surface area is 102 Å². The van der Waals surface area contributed by atoms with E-state index in [4.69, 9.17) is 9.84 Å².